The van der Waals surface area contributed by atoms with Gasteiger partial charge in [-0.3, -0.25) is 8.97 Å². The van der Waals surface area contributed by atoms with Crippen molar-refractivity contribution in [3.63, 3.8) is 0 Å². The Kier molecular flexibility index (Phi) is 5.72. The van der Waals surface area contributed by atoms with Crippen LogP contribution >= 0.6 is 11.3 Å². The molecular weight excluding hydrogens is 559 g/mol. The van der Waals surface area contributed by atoms with Gasteiger partial charge in [0.1, 0.15) is 12.2 Å². The van der Waals surface area contributed by atoms with Gasteiger partial charge in [-0.1, -0.05) is 11.3 Å². The number of anilines is 1. The van der Waals surface area contributed by atoms with Crippen molar-refractivity contribution in [1.29, 1.82) is 0 Å². The predicted octanol–water partition coefficient (Wildman–Crippen LogP) is 2.70. The summed E-state index contributed by atoms with van der Waals surface area (Å²) in [4.78, 5) is 6.45. The number of piperidine rings is 1. The zero-order valence-electron chi connectivity index (χ0n) is 20.5. The van der Waals surface area contributed by atoms with E-state index in [1.165, 1.54) is 10.6 Å². The van der Waals surface area contributed by atoms with E-state index >= 15 is 0 Å². The monoisotopic (exact) mass is 583 g/mol. The number of ether oxygens (including phenoxy) is 2. The highest BCUT2D eigenvalue weighted by Gasteiger charge is 2.44. The number of fused-ring (bicyclic) bond motifs is 3. The molecular formula is C23H24F3N7O4S2. The number of aromatic nitrogens is 5. The molecule has 0 atom stereocenters. The highest BCUT2D eigenvalue weighted by atomic mass is 32.2. The number of alkyl halides is 3. The molecule has 0 bridgehead atoms. The number of imidazole rings is 2. The van der Waals surface area contributed by atoms with Gasteiger partial charge >= 0.3 is 0 Å². The van der Waals surface area contributed by atoms with Crippen LogP contribution in [0.15, 0.2) is 29.4 Å². The molecule has 6 heterocycles. The maximum absolute atomic E-state index is 13.8. The van der Waals surface area contributed by atoms with Crippen LogP contribution in [0.4, 0.5) is 18.9 Å². The molecule has 1 N–H and O–H groups in total. The van der Waals surface area contributed by atoms with Gasteiger partial charge in [0.05, 0.1) is 48.0 Å². The summed E-state index contributed by atoms with van der Waals surface area (Å²) < 4.78 is 84.1. The van der Waals surface area contributed by atoms with E-state index in [0.29, 0.717) is 60.1 Å². The molecule has 3 saturated heterocycles. The maximum atomic E-state index is 13.8. The second kappa shape index (κ2) is 8.86. The topological polar surface area (TPSA) is 116 Å². The number of halogens is 3. The van der Waals surface area contributed by atoms with Crippen molar-refractivity contribution >= 4 is 43.9 Å². The Morgan fingerprint density at radius 1 is 1.10 bits per heavy atom. The minimum absolute atomic E-state index is 0.0699. The minimum Gasteiger partial charge on any atom is -0.380 e. The molecule has 3 aromatic heterocycles. The summed E-state index contributed by atoms with van der Waals surface area (Å²) >= 11 is 0.702. The Balaban J connectivity index is 1.42. The van der Waals surface area contributed by atoms with Gasteiger partial charge in [-0.05, 0) is 25.0 Å². The molecule has 39 heavy (non-hydrogen) atoms. The Morgan fingerprint density at radius 2 is 1.85 bits per heavy atom. The van der Waals surface area contributed by atoms with Crippen LogP contribution in [0, 0.1) is 5.41 Å². The fourth-order valence-electron chi connectivity index (χ4n) is 5.49. The molecule has 0 aliphatic carbocycles. The van der Waals surface area contributed by atoms with E-state index in [-0.39, 0.29) is 28.7 Å². The molecule has 4 aromatic rings. The summed E-state index contributed by atoms with van der Waals surface area (Å²) in [6, 6.07) is 3.02. The van der Waals surface area contributed by atoms with Crippen LogP contribution in [0.2, 0.25) is 0 Å². The number of nitrogens with one attached hydrogen (secondary N) is 1. The number of sulfonamides is 1. The zero-order chi connectivity index (χ0) is 27.0. The molecule has 208 valence electrons. The van der Waals surface area contributed by atoms with Crippen LogP contribution in [0.5, 0.6) is 0 Å². The molecule has 0 saturated carbocycles. The number of hydrogen-bond donors (Lipinski definition) is 1. The van der Waals surface area contributed by atoms with Gasteiger partial charge in [0.15, 0.2) is 5.01 Å². The summed E-state index contributed by atoms with van der Waals surface area (Å²) in [7, 11) is -4.20. The van der Waals surface area contributed by atoms with Gasteiger partial charge in [-0.2, -0.15) is 4.72 Å². The fraction of sp³-hybridized carbons (Fsp3) is 0.522. The molecule has 7 rings (SSSR count). The van der Waals surface area contributed by atoms with Crippen LogP contribution < -0.4 is 9.62 Å². The van der Waals surface area contributed by atoms with E-state index in [4.69, 9.17) is 9.47 Å². The van der Waals surface area contributed by atoms with E-state index in [0.717, 1.165) is 12.8 Å². The normalized spacial score (nSPS) is 20.7. The van der Waals surface area contributed by atoms with E-state index in [9.17, 15) is 21.6 Å². The van der Waals surface area contributed by atoms with Crippen molar-refractivity contribution in [1.82, 2.24) is 28.9 Å². The number of benzene rings is 1. The van der Waals surface area contributed by atoms with Crippen molar-refractivity contribution in [2.75, 3.05) is 51.1 Å². The Hall–Kier alpha value is -2.79. The minimum atomic E-state index is -4.20. The highest BCUT2D eigenvalue weighted by Crippen LogP contribution is 2.42. The lowest BCUT2D eigenvalue weighted by Crippen LogP contribution is -2.63. The van der Waals surface area contributed by atoms with E-state index in [1.807, 2.05) is 0 Å². The van der Waals surface area contributed by atoms with Crippen LogP contribution in [0.3, 0.4) is 0 Å². The molecule has 1 aromatic carbocycles. The average Bonchev–Trinajstić information content (AvgIpc) is 3.61. The number of nitrogens with zero attached hydrogens (tertiary/aromatic N) is 6. The molecule has 3 fully saturated rings. The molecule has 0 radical (unpaired) electrons. The van der Waals surface area contributed by atoms with Gasteiger partial charge in [-0.25, -0.2) is 26.6 Å². The van der Waals surface area contributed by atoms with Gasteiger partial charge in [-0.15, -0.1) is 10.2 Å². The van der Waals surface area contributed by atoms with Gasteiger partial charge < -0.3 is 14.4 Å². The molecule has 16 heteroatoms. The third kappa shape index (κ3) is 3.95. The van der Waals surface area contributed by atoms with Crippen molar-refractivity contribution in [2.45, 2.75) is 29.7 Å². The standard InChI is InChI=1S/C23H24F3N7O4S2/c24-9-23(12-37-13-23)30-39(34,35)14-7-15(31-4-1-22(2-5-31)10-36-11-22)17-16(8-14)33(20-27-3-6-32(17)20)21-29-28-19(38-21)18(25)26/h3,6-8,18,30H,1-2,4-5,9-13H2. The summed E-state index contributed by atoms with van der Waals surface area (Å²) in [5, 5.41) is 7.25. The highest BCUT2D eigenvalue weighted by molar-refractivity contribution is 7.89. The lowest BCUT2D eigenvalue weighted by molar-refractivity contribution is -0.124. The Bertz CT molecular complexity index is 1660. The van der Waals surface area contributed by atoms with Crippen molar-refractivity contribution < 1.29 is 31.1 Å². The fourth-order valence-corrected chi connectivity index (χ4v) is 7.59. The smallest absolute Gasteiger partial charge is 0.291 e. The molecule has 3 aliphatic heterocycles. The first-order valence-electron chi connectivity index (χ1n) is 12.4. The first kappa shape index (κ1) is 25.2. The third-order valence-electron chi connectivity index (χ3n) is 7.81. The molecule has 11 nitrogen and oxygen atoms in total. The van der Waals surface area contributed by atoms with Gasteiger partial charge in [0.2, 0.25) is 20.9 Å². The van der Waals surface area contributed by atoms with Gasteiger partial charge in [0.25, 0.3) is 6.43 Å². The second-order valence-electron chi connectivity index (χ2n) is 10.5. The van der Waals surface area contributed by atoms with Crippen LogP contribution in [-0.4, -0.2) is 84.3 Å². The first-order valence-corrected chi connectivity index (χ1v) is 14.7. The SMILES string of the molecule is O=S(=O)(NC1(CF)COC1)c1cc(N2CCC3(CC2)COC3)c2c(c1)n(-c1nnc(C(F)F)s1)c1nccn21. The second-order valence-corrected chi connectivity index (χ2v) is 13.1. The number of rotatable bonds is 7. The lowest BCUT2D eigenvalue weighted by Gasteiger charge is -2.48. The van der Waals surface area contributed by atoms with E-state index < -0.39 is 33.7 Å². The summed E-state index contributed by atoms with van der Waals surface area (Å²) in [5.41, 5.74) is 0.523. The maximum Gasteiger partial charge on any atom is 0.291 e. The first-order chi connectivity index (χ1) is 18.7. The van der Waals surface area contributed by atoms with Crippen LogP contribution in [-0.2, 0) is 19.5 Å². The van der Waals surface area contributed by atoms with Crippen molar-refractivity contribution in [2.24, 2.45) is 5.41 Å². The molecule has 0 unspecified atom stereocenters. The quantitative estimate of drug-likeness (QED) is 0.353. The Morgan fingerprint density at radius 3 is 2.44 bits per heavy atom. The lowest BCUT2D eigenvalue weighted by atomic mass is 9.77. The van der Waals surface area contributed by atoms with E-state index in [1.54, 1.807) is 22.9 Å². The van der Waals surface area contributed by atoms with Crippen LogP contribution in [0.25, 0.3) is 21.9 Å². The van der Waals surface area contributed by atoms with Crippen LogP contribution in [0.1, 0.15) is 24.3 Å². The molecule has 1 spiro atoms. The molecule has 3 aliphatic rings. The van der Waals surface area contributed by atoms with Crippen molar-refractivity contribution in [3.05, 3.63) is 29.5 Å². The predicted molar refractivity (Wildman–Crippen MR) is 135 cm³/mol. The molecule has 0 amide bonds. The van der Waals surface area contributed by atoms with Gasteiger partial charge in [0, 0.05) is 30.9 Å². The number of hydrogen-bond acceptors (Lipinski definition) is 9. The Labute approximate surface area is 224 Å². The summed E-state index contributed by atoms with van der Waals surface area (Å²) in [5.74, 6) is 0.374. The largest absolute Gasteiger partial charge is 0.380 e. The van der Waals surface area contributed by atoms with Crippen molar-refractivity contribution in [3.8, 4) is 5.13 Å². The average molecular weight is 584 g/mol. The zero-order valence-corrected chi connectivity index (χ0v) is 22.2. The van der Waals surface area contributed by atoms with E-state index in [2.05, 4.69) is 24.8 Å². The third-order valence-corrected chi connectivity index (χ3v) is 10.3. The summed E-state index contributed by atoms with van der Waals surface area (Å²) in [6.07, 6.45) is 2.27. The summed E-state index contributed by atoms with van der Waals surface area (Å²) in [6.45, 7) is 1.73.